The first-order valence-corrected chi connectivity index (χ1v) is 15.2. The Morgan fingerprint density at radius 1 is 0.974 bits per heavy atom. The standard InChI is InChI=1S/C22H37N3O11P2S/c1-9-31-37(32-10-2)22(38(33-11-3)34-12-4,36-20(29)35-21(5,6)7)13-16(26)24-19-23-15(14-39-19)17(18(27)28)25-30-8/h14H,9-13H2,1-8H3,(H,27,28)(H,23,24,26)/b25-17-. The van der Waals surface area contributed by atoms with Crippen LogP contribution in [0.5, 0.6) is 0 Å². The fourth-order valence-corrected chi connectivity index (χ4v) is 7.43. The molecule has 1 amide bonds. The highest BCUT2D eigenvalue weighted by Crippen LogP contribution is 2.71. The molecule has 0 aliphatic rings. The van der Waals surface area contributed by atoms with E-state index < -0.39 is 57.6 Å². The lowest BCUT2D eigenvalue weighted by Gasteiger charge is -2.40. The summed E-state index contributed by atoms with van der Waals surface area (Å²) < 4.78 is 34.7. The average Bonchev–Trinajstić information content (AvgIpc) is 3.28. The van der Waals surface area contributed by atoms with E-state index in [1.54, 1.807) is 48.5 Å². The minimum absolute atomic E-state index is 0.0160. The molecule has 1 heterocycles. The Labute approximate surface area is 234 Å². The van der Waals surface area contributed by atoms with Gasteiger partial charge in [0.25, 0.3) is 5.08 Å². The highest BCUT2D eigenvalue weighted by molar-refractivity contribution is 7.67. The molecule has 1 aromatic heterocycles. The number of aromatic nitrogens is 1. The van der Waals surface area contributed by atoms with Crippen LogP contribution in [-0.4, -0.2) is 78.1 Å². The van der Waals surface area contributed by atoms with Gasteiger partial charge in [0.1, 0.15) is 18.4 Å². The summed E-state index contributed by atoms with van der Waals surface area (Å²) in [5.41, 5.74) is -1.35. The molecule has 0 aliphatic heterocycles. The van der Waals surface area contributed by atoms with Crippen LogP contribution in [0.2, 0.25) is 0 Å². The number of nitrogens with one attached hydrogen (secondary N) is 1. The van der Waals surface area contributed by atoms with Gasteiger partial charge in [-0.3, -0.25) is 4.79 Å². The molecule has 1 rings (SSSR count). The smallest absolute Gasteiger partial charge is 0.476 e. The molecule has 14 nitrogen and oxygen atoms in total. The Balaban J connectivity index is 3.52. The summed E-state index contributed by atoms with van der Waals surface area (Å²) in [6, 6.07) is 0. The summed E-state index contributed by atoms with van der Waals surface area (Å²) in [5.74, 6) is -2.01. The van der Waals surface area contributed by atoms with Gasteiger partial charge in [-0.05, 0) is 48.5 Å². The number of hydrogen-bond donors (Lipinski definition) is 2. The normalized spacial score (nSPS) is 12.5. The summed E-state index contributed by atoms with van der Waals surface area (Å²) >= 11 is 0.965. The maximum absolute atomic E-state index is 13.4. The quantitative estimate of drug-likeness (QED) is 0.101. The van der Waals surface area contributed by atoms with E-state index in [0.29, 0.717) is 0 Å². The fraction of sp³-hybridized carbons (Fsp3) is 0.682. The van der Waals surface area contributed by atoms with E-state index in [1.807, 2.05) is 0 Å². The monoisotopic (exact) mass is 613 g/mol. The van der Waals surface area contributed by atoms with Gasteiger partial charge in [-0.2, -0.15) is 0 Å². The van der Waals surface area contributed by atoms with Gasteiger partial charge in [0.15, 0.2) is 5.13 Å². The molecule has 0 unspecified atom stereocenters. The SMILES string of the molecule is CCOP(OCC)C(CC(=O)Nc1nc(/C(=N/OC)C(=O)O)cs1)(OC(=O)OC(C)(C)C)P(OCC)OCC. The third-order valence-electron chi connectivity index (χ3n) is 3.96. The van der Waals surface area contributed by atoms with Crippen molar-refractivity contribution in [2.75, 3.05) is 38.9 Å². The van der Waals surface area contributed by atoms with Gasteiger partial charge >= 0.3 is 12.1 Å². The molecule has 0 saturated carbocycles. The Morgan fingerprint density at radius 3 is 1.90 bits per heavy atom. The number of aliphatic carboxylic acids is 1. The Morgan fingerprint density at radius 2 is 1.49 bits per heavy atom. The van der Waals surface area contributed by atoms with Crippen molar-refractivity contribution in [1.82, 2.24) is 4.98 Å². The lowest BCUT2D eigenvalue weighted by Crippen LogP contribution is -2.40. The van der Waals surface area contributed by atoms with Gasteiger partial charge in [-0.25, -0.2) is 14.6 Å². The summed E-state index contributed by atoms with van der Waals surface area (Å²) in [7, 11) is -3.01. The maximum Gasteiger partial charge on any atom is 0.510 e. The number of carbonyl (C=O) groups excluding carboxylic acids is 2. The number of amides is 1. The molecule has 39 heavy (non-hydrogen) atoms. The van der Waals surface area contributed by atoms with Crippen LogP contribution in [0.1, 0.15) is 60.6 Å². The molecule has 0 radical (unpaired) electrons. The van der Waals surface area contributed by atoms with Crippen molar-refractivity contribution in [3.05, 3.63) is 11.1 Å². The first kappa shape index (κ1) is 35.0. The van der Waals surface area contributed by atoms with Crippen LogP contribution in [0.15, 0.2) is 10.5 Å². The van der Waals surface area contributed by atoms with Crippen LogP contribution in [0.3, 0.4) is 0 Å². The number of carboxylic acid groups (broad SMARTS) is 1. The van der Waals surface area contributed by atoms with Gasteiger partial charge < -0.3 is 42.8 Å². The zero-order valence-electron chi connectivity index (χ0n) is 23.3. The Kier molecular flexibility index (Phi) is 15.2. The van der Waals surface area contributed by atoms with Crippen molar-refractivity contribution in [2.24, 2.45) is 5.16 Å². The van der Waals surface area contributed by atoms with Crippen LogP contribution in [0.4, 0.5) is 9.93 Å². The Bertz CT molecular complexity index is 943. The second-order valence-electron chi connectivity index (χ2n) is 8.19. The van der Waals surface area contributed by atoms with E-state index in [9.17, 15) is 19.5 Å². The number of nitrogens with zero attached hydrogens (tertiary/aromatic N) is 2. The first-order valence-electron chi connectivity index (χ1n) is 12.0. The van der Waals surface area contributed by atoms with E-state index in [4.69, 9.17) is 27.6 Å². The molecule has 17 heteroatoms. The maximum atomic E-state index is 13.4. The van der Waals surface area contributed by atoms with Crippen LogP contribution in [0, 0.1) is 0 Å². The Hall–Kier alpha value is -1.99. The van der Waals surface area contributed by atoms with Crippen molar-refractivity contribution in [3.8, 4) is 0 Å². The van der Waals surface area contributed by atoms with Gasteiger partial charge in [-0.15, -0.1) is 11.3 Å². The molecule has 1 aromatic rings. The highest BCUT2D eigenvalue weighted by Gasteiger charge is 2.57. The number of ether oxygens (including phenoxy) is 2. The predicted molar refractivity (Wildman–Crippen MR) is 147 cm³/mol. The largest absolute Gasteiger partial charge is 0.510 e. The average molecular weight is 614 g/mol. The second-order valence-corrected chi connectivity index (χ2v) is 12.9. The molecule has 0 bridgehead atoms. The molecule has 0 atom stereocenters. The zero-order chi connectivity index (χ0) is 29.6. The van der Waals surface area contributed by atoms with E-state index in [-0.39, 0.29) is 37.3 Å². The molecular weight excluding hydrogens is 576 g/mol. The van der Waals surface area contributed by atoms with Crippen LogP contribution < -0.4 is 5.32 Å². The summed E-state index contributed by atoms with van der Waals surface area (Å²) in [5, 5.41) is 15.0. The van der Waals surface area contributed by atoms with E-state index in [0.717, 1.165) is 11.3 Å². The van der Waals surface area contributed by atoms with Crippen molar-refractivity contribution in [1.29, 1.82) is 0 Å². The summed E-state index contributed by atoms with van der Waals surface area (Å²) in [4.78, 5) is 46.5. The summed E-state index contributed by atoms with van der Waals surface area (Å²) in [6.07, 6.45) is -1.57. The molecule has 0 fully saturated rings. The van der Waals surface area contributed by atoms with Gasteiger partial charge in [0, 0.05) is 5.38 Å². The number of anilines is 1. The molecule has 0 saturated heterocycles. The molecule has 2 N–H and O–H groups in total. The third kappa shape index (κ3) is 11.2. The fourth-order valence-electron chi connectivity index (χ4n) is 2.76. The van der Waals surface area contributed by atoms with Crippen molar-refractivity contribution in [3.63, 3.8) is 0 Å². The van der Waals surface area contributed by atoms with Crippen LogP contribution in [0.25, 0.3) is 0 Å². The lowest BCUT2D eigenvalue weighted by atomic mass is 10.2. The van der Waals surface area contributed by atoms with Gasteiger partial charge in [-0.1, -0.05) is 5.16 Å². The second kappa shape index (κ2) is 17.0. The number of hydrogen-bond acceptors (Lipinski definition) is 13. The van der Waals surface area contributed by atoms with Gasteiger partial charge in [0.2, 0.25) is 28.4 Å². The zero-order valence-corrected chi connectivity index (χ0v) is 25.9. The topological polar surface area (TPSA) is 173 Å². The molecule has 0 spiro atoms. The lowest BCUT2D eigenvalue weighted by molar-refractivity contribution is -0.129. The van der Waals surface area contributed by atoms with Gasteiger partial charge in [0.05, 0.1) is 32.8 Å². The van der Waals surface area contributed by atoms with E-state index >= 15 is 0 Å². The molecule has 222 valence electrons. The summed E-state index contributed by atoms with van der Waals surface area (Å²) in [6.45, 7) is 12.7. The first-order chi connectivity index (χ1) is 18.4. The number of carboxylic acids is 1. The highest BCUT2D eigenvalue weighted by atomic mass is 32.1. The van der Waals surface area contributed by atoms with Crippen LogP contribution in [-0.2, 0) is 42.0 Å². The molecule has 0 aliphatic carbocycles. The van der Waals surface area contributed by atoms with E-state index in [2.05, 4.69) is 20.3 Å². The number of rotatable bonds is 17. The third-order valence-corrected chi connectivity index (χ3v) is 9.31. The van der Waals surface area contributed by atoms with Crippen LogP contribution >= 0.6 is 28.1 Å². The molecular formula is C22H37N3O11P2S. The van der Waals surface area contributed by atoms with Crippen molar-refractivity contribution in [2.45, 2.75) is 65.6 Å². The minimum Gasteiger partial charge on any atom is -0.476 e. The van der Waals surface area contributed by atoms with Crippen molar-refractivity contribution >= 4 is 57.0 Å². The predicted octanol–water partition coefficient (Wildman–Crippen LogP) is 5.28. The van der Waals surface area contributed by atoms with E-state index in [1.165, 1.54) is 12.5 Å². The molecule has 0 aromatic carbocycles. The van der Waals surface area contributed by atoms with Crippen molar-refractivity contribution < 1.29 is 51.9 Å². The number of thiazole rings is 1. The minimum atomic E-state index is -2.11. The number of oxime groups is 1. The number of carbonyl (C=O) groups is 3.